The molecule has 0 radical (unpaired) electrons. The molecule has 0 aliphatic carbocycles. The summed E-state index contributed by atoms with van der Waals surface area (Å²) in [6.45, 7) is 4.10. The Morgan fingerprint density at radius 2 is 1.77 bits per heavy atom. The lowest BCUT2D eigenvalue weighted by molar-refractivity contribution is 0.102. The van der Waals surface area contributed by atoms with Gasteiger partial charge in [0.15, 0.2) is 5.75 Å². The molecule has 9 heteroatoms. The predicted octanol–water partition coefficient (Wildman–Crippen LogP) is 4.30. The van der Waals surface area contributed by atoms with Gasteiger partial charge in [-0.3, -0.25) is 4.79 Å². The minimum Gasteiger partial charge on any atom is -0.455 e. The molecule has 2 aromatic carbocycles. The molecule has 1 heterocycles. The van der Waals surface area contributed by atoms with Gasteiger partial charge in [-0.1, -0.05) is 32.0 Å². The van der Waals surface area contributed by atoms with Crippen molar-refractivity contribution in [2.75, 3.05) is 18.4 Å². The van der Waals surface area contributed by atoms with E-state index in [1.807, 2.05) is 6.07 Å². The third-order valence-electron chi connectivity index (χ3n) is 4.50. The van der Waals surface area contributed by atoms with Crippen LogP contribution in [0.1, 0.15) is 24.2 Å². The summed E-state index contributed by atoms with van der Waals surface area (Å²) in [6, 6.07) is 15.4. The molecule has 1 amide bonds. The Morgan fingerprint density at radius 3 is 2.42 bits per heavy atom. The van der Waals surface area contributed by atoms with Crippen LogP contribution in [0.5, 0.6) is 11.5 Å². The van der Waals surface area contributed by atoms with Crippen LogP contribution in [0, 0.1) is 5.95 Å². The molecule has 0 saturated heterocycles. The highest BCUT2D eigenvalue weighted by Gasteiger charge is 2.24. The highest BCUT2D eigenvalue weighted by Crippen LogP contribution is 2.33. The number of rotatable bonds is 8. The molecule has 0 spiro atoms. The summed E-state index contributed by atoms with van der Waals surface area (Å²) in [6.07, 6.45) is 1.17. The Bertz CT molecular complexity index is 1170. The third kappa shape index (κ3) is 5.25. The SMILES string of the molecule is CCN(CC)S(=O)(=O)c1ccc(Oc2ccccc2)c(NC(=O)c2ccnc(F)c2)c1. The minimum absolute atomic E-state index is 0.00724. The van der Waals surface area contributed by atoms with Crippen LogP contribution in [0.4, 0.5) is 10.1 Å². The number of ether oxygens (including phenoxy) is 1. The van der Waals surface area contributed by atoms with Gasteiger partial charge in [-0.05, 0) is 36.4 Å². The Hall–Kier alpha value is -3.30. The fourth-order valence-electron chi connectivity index (χ4n) is 2.92. The van der Waals surface area contributed by atoms with Crippen LogP contribution in [0.15, 0.2) is 71.8 Å². The molecule has 3 aromatic rings. The zero-order valence-corrected chi connectivity index (χ0v) is 17.9. The summed E-state index contributed by atoms with van der Waals surface area (Å²) in [4.78, 5) is 16.1. The van der Waals surface area contributed by atoms with Crippen molar-refractivity contribution in [1.82, 2.24) is 9.29 Å². The monoisotopic (exact) mass is 443 g/mol. The van der Waals surface area contributed by atoms with Crippen molar-refractivity contribution in [2.24, 2.45) is 0 Å². The molecule has 0 fully saturated rings. The lowest BCUT2D eigenvalue weighted by atomic mass is 10.2. The molecular weight excluding hydrogens is 421 g/mol. The molecule has 1 aromatic heterocycles. The number of halogens is 1. The molecule has 0 unspecified atom stereocenters. The first kappa shape index (κ1) is 22.4. The van der Waals surface area contributed by atoms with Gasteiger partial charge in [0.1, 0.15) is 5.75 Å². The summed E-state index contributed by atoms with van der Waals surface area (Å²) in [5, 5.41) is 2.62. The van der Waals surface area contributed by atoms with Crippen LogP contribution < -0.4 is 10.1 Å². The highest BCUT2D eigenvalue weighted by molar-refractivity contribution is 7.89. The van der Waals surface area contributed by atoms with Crippen LogP contribution in [-0.4, -0.2) is 36.7 Å². The molecule has 3 rings (SSSR count). The summed E-state index contributed by atoms with van der Waals surface area (Å²) in [7, 11) is -3.76. The van der Waals surface area contributed by atoms with E-state index in [4.69, 9.17) is 4.74 Å². The number of pyridine rings is 1. The van der Waals surface area contributed by atoms with E-state index in [9.17, 15) is 17.6 Å². The van der Waals surface area contributed by atoms with Crippen LogP contribution in [-0.2, 0) is 10.0 Å². The maximum Gasteiger partial charge on any atom is 0.255 e. The molecule has 0 bridgehead atoms. The molecular formula is C22H22FN3O4S. The topological polar surface area (TPSA) is 88.6 Å². The maximum atomic E-state index is 13.4. The molecule has 1 N–H and O–H groups in total. The predicted molar refractivity (Wildman–Crippen MR) is 115 cm³/mol. The summed E-state index contributed by atoms with van der Waals surface area (Å²) < 4.78 is 46.4. The number of amides is 1. The van der Waals surface area contributed by atoms with E-state index in [0.717, 1.165) is 6.07 Å². The summed E-state index contributed by atoms with van der Waals surface area (Å²) >= 11 is 0. The zero-order chi connectivity index (χ0) is 22.4. The normalized spacial score (nSPS) is 11.4. The van der Waals surface area contributed by atoms with E-state index >= 15 is 0 Å². The fourth-order valence-corrected chi connectivity index (χ4v) is 4.41. The largest absolute Gasteiger partial charge is 0.455 e. The second-order valence-corrected chi connectivity index (χ2v) is 8.42. The Balaban J connectivity index is 2.02. The Labute approximate surface area is 180 Å². The van der Waals surface area contributed by atoms with E-state index in [0.29, 0.717) is 18.8 Å². The first-order chi connectivity index (χ1) is 14.8. The van der Waals surface area contributed by atoms with E-state index in [1.54, 1.807) is 38.1 Å². The standard InChI is InChI=1S/C22H22FN3O4S/c1-3-26(4-2)31(28,29)18-10-11-20(30-17-8-6-5-7-9-17)19(15-18)25-22(27)16-12-13-24-21(23)14-16/h5-15H,3-4H2,1-2H3,(H,25,27). The lowest BCUT2D eigenvalue weighted by Gasteiger charge is -2.20. The number of hydrogen-bond donors (Lipinski definition) is 1. The van der Waals surface area contributed by atoms with Crippen molar-refractivity contribution in [3.05, 3.63) is 78.4 Å². The number of nitrogens with one attached hydrogen (secondary N) is 1. The first-order valence-electron chi connectivity index (χ1n) is 9.65. The van der Waals surface area contributed by atoms with Crippen LogP contribution in [0.3, 0.4) is 0 Å². The minimum atomic E-state index is -3.76. The molecule has 7 nitrogen and oxygen atoms in total. The molecule has 162 valence electrons. The van der Waals surface area contributed by atoms with Gasteiger partial charge in [0.05, 0.1) is 10.6 Å². The average Bonchev–Trinajstić information content (AvgIpc) is 2.76. The van der Waals surface area contributed by atoms with Gasteiger partial charge in [-0.15, -0.1) is 0 Å². The van der Waals surface area contributed by atoms with Gasteiger partial charge in [-0.2, -0.15) is 8.70 Å². The average molecular weight is 444 g/mol. The van der Waals surface area contributed by atoms with Crippen molar-refractivity contribution in [1.29, 1.82) is 0 Å². The van der Waals surface area contributed by atoms with Crippen LogP contribution >= 0.6 is 0 Å². The van der Waals surface area contributed by atoms with E-state index < -0.39 is 21.9 Å². The second-order valence-electron chi connectivity index (χ2n) is 6.48. The van der Waals surface area contributed by atoms with Gasteiger partial charge in [-0.25, -0.2) is 13.4 Å². The first-order valence-corrected chi connectivity index (χ1v) is 11.1. The Morgan fingerprint density at radius 1 is 1.06 bits per heavy atom. The zero-order valence-electron chi connectivity index (χ0n) is 17.1. The molecule has 0 saturated carbocycles. The van der Waals surface area contributed by atoms with E-state index in [-0.39, 0.29) is 21.9 Å². The quantitative estimate of drug-likeness (QED) is 0.525. The highest BCUT2D eigenvalue weighted by atomic mass is 32.2. The van der Waals surface area contributed by atoms with Gasteiger partial charge < -0.3 is 10.1 Å². The molecule has 0 atom stereocenters. The summed E-state index contributed by atoms with van der Waals surface area (Å²) in [5.41, 5.74) is 0.175. The number of anilines is 1. The van der Waals surface area contributed by atoms with Gasteiger partial charge in [0.25, 0.3) is 5.91 Å². The van der Waals surface area contributed by atoms with Gasteiger partial charge in [0.2, 0.25) is 16.0 Å². The van der Waals surface area contributed by atoms with E-state index in [1.165, 1.54) is 34.8 Å². The number of sulfonamides is 1. The van der Waals surface area contributed by atoms with Gasteiger partial charge in [0, 0.05) is 30.9 Å². The third-order valence-corrected chi connectivity index (χ3v) is 6.55. The number of nitrogens with zero attached hydrogens (tertiary/aromatic N) is 2. The number of para-hydroxylation sites is 1. The second kappa shape index (κ2) is 9.67. The molecule has 0 aliphatic heterocycles. The molecule has 31 heavy (non-hydrogen) atoms. The smallest absolute Gasteiger partial charge is 0.255 e. The van der Waals surface area contributed by atoms with Crippen molar-refractivity contribution >= 4 is 21.6 Å². The number of benzene rings is 2. The van der Waals surface area contributed by atoms with Crippen molar-refractivity contribution in [3.8, 4) is 11.5 Å². The number of carbonyl (C=O) groups is 1. The maximum absolute atomic E-state index is 13.4. The van der Waals surface area contributed by atoms with Crippen LogP contribution in [0.25, 0.3) is 0 Å². The van der Waals surface area contributed by atoms with Gasteiger partial charge >= 0.3 is 0 Å². The fraction of sp³-hybridized carbons (Fsp3) is 0.182. The van der Waals surface area contributed by atoms with Crippen molar-refractivity contribution in [3.63, 3.8) is 0 Å². The molecule has 0 aliphatic rings. The Kier molecular flexibility index (Phi) is 6.98. The number of carbonyl (C=O) groups excluding carboxylic acids is 1. The van der Waals surface area contributed by atoms with E-state index in [2.05, 4.69) is 10.3 Å². The summed E-state index contributed by atoms with van der Waals surface area (Å²) in [5.74, 6) is -0.678. The van der Waals surface area contributed by atoms with Crippen LogP contribution in [0.2, 0.25) is 0 Å². The van der Waals surface area contributed by atoms with Crippen molar-refractivity contribution < 1.29 is 22.3 Å². The van der Waals surface area contributed by atoms with Crippen molar-refractivity contribution in [2.45, 2.75) is 18.7 Å². The lowest BCUT2D eigenvalue weighted by Crippen LogP contribution is -2.30. The number of aromatic nitrogens is 1. The number of hydrogen-bond acceptors (Lipinski definition) is 5.